The van der Waals surface area contributed by atoms with Crippen molar-refractivity contribution in [3.05, 3.63) is 28.8 Å². The zero-order chi connectivity index (χ0) is 15.1. The molecule has 0 aliphatic heterocycles. The van der Waals surface area contributed by atoms with Gasteiger partial charge in [0.1, 0.15) is 6.54 Å². The minimum atomic E-state index is -0.379. The molecule has 3 N–H and O–H groups in total. The van der Waals surface area contributed by atoms with Gasteiger partial charge in [0.15, 0.2) is 5.96 Å². The maximum Gasteiger partial charge on any atom is 0.328 e. The number of hydrogen-bond acceptors (Lipinski definition) is 2. The second kappa shape index (κ2) is 7.41. The summed E-state index contributed by atoms with van der Waals surface area (Å²) in [7, 11) is 0. The zero-order valence-corrected chi connectivity index (χ0v) is 12.2. The predicted octanol–water partition coefficient (Wildman–Crippen LogP) is 2.13. The Kier molecular flexibility index (Phi) is 5.88. The van der Waals surface area contributed by atoms with Crippen molar-refractivity contribution in [3.8, 4) is 12.3 Å². The number of halogens is 1. The van der Waals surface area contributed by atoms with Crippen molar-refractivity contribution in [3.63, 3.8) is 0 Å². The van der Waals surface area contributed by atoms with Gasteiger partial charge in [0.25, 0.3) is 0 Å². The lowest BCUT2D eigenvalue weighted by molar-refractivity contribution is 0.250. The van der Waals surface area contributed by atoms with Crippen LogP contribution in [0.3, 0.4) is 0 Å². The Hall–Kier alpha value is -2.19. The summed E-state index contributed by atoms with van der Waals surface area (Å²) >= 11 is 5.97. The van der Waals surface area contributed by atoms with Crippen molar-refractivity contribution in [2.75, 3.05) is 18.0 Å². The molecule has 0 spiro atoms. The van der Waals surface area contributed by atoms with E-state index in [0.717, 1.165) is 11.3 Å². The fraction of sp³-hybridized carbons (Fsp3) is 0.286. The van der Waals surface area contributed by atoms with Crippen LogP contribution in [0.4, 0.5) is 10.5 Å². The van der Waals surface area contributed by atoms with Crippen molar-refractivity contribution in [2.45, 2.75) is 13.8 Å². The van der Waals surface area contributed by atoms with Crippen LogP contribution in [-0.4, -0.2) is 25.1 Å². The normalized spacial score (nSPS) is 10.8. The van der Waals surface area contributed by atoms with Crippen molar-refractivity contribution >= 4 is 29.3 Å². The van der Waals surface area contributed by atoms with E-state index in [0.29, 0.717) is 11.6 Å². The Morgan fingerprint density at radius 3 is 2.90 bits per heavy atom. The highest BCUT2D eigenvalue weighted by molar-refractivity contribution is 6.31. The molecule has 1 rings (SSSR count). The molecule has 1 aromatic rings. The summed E-state index contributed by atoms with van der Waals surface area (Å²) in [4.78, 5) is 17.5. The van der Waals surface area contributed by atoms with E-state index in [1.54, 1.807) is 12.1 Å². The van der Waals surface area contributed by atoms with Crippen molar-refractivity contribution in [2.24, 2.45) is 10.7 Å². The molecule has 0 saturated heterocycles. The second-order valence-corrected chi connectivity index (χ2v) is 4.45. The van der Waals surface area contributed by atoms with E-state index in [1.165, 1.54) is 4.90 Å². The van der Waals surface area contributed by atoms with Gasteiger partial charge < -0.3 is 5.73 Å². The Morgan fingerprint density at radius 2 is 2.30 bits per heavy atom. The number of nitrogens with two attached hydrogens (primary N) is 1. The zero-order valence-electron chi connectivity index (χ0n) is 11.5. The molecular formula is C14H17ClN4O. The Morgan fingerprint density at radius 1 is 1.60 bits per heavy atom. The average molecular weight is 293 g/mol. The predicted molar refractivity (Wildman–Crippen MR) is 83.1 cm³/mol. The van der Waals surface area contributed by atoms with Crippen LogP contribution >= 0.6 is 11.6 Å². The molecule has 106 valence electrons. The third-order valence-electron chi connectivity index (χ3n) is 2.60. The Labute approximate surface area is 123 Å². The van der Waals surface area contributed by atoms with Gasteiger partial charge in [0.05, 0.1) is 0 Å². The van der Waals surface area contributed by atoms with Crippen LogP contribution < -0.4 is 16.0 Å². The maximum atomic E-state index is 12.2. The number of benzene rings is 1. The molecular weight excluding hydrogens is 276 g/mol. The third kappa shape index (κ3) is 4.18. The van der Waals surface area contributed by atoms with Crippen LogP contribution in [-0.2, 0) is 0 Å². The summed E-state index contributed by atoms with van der Waals surface area (Å²) in [6.07, 6.45) is 5.07. The van der Waals surface area contributed by atoms with Gasteiger partial charge in [-0.1, -0.05) is 23.6 Å². The molecule has 0 unspecified atom stereocenters. The van der Waals surface area contributed by atoms with Gasteiger partial charge >= 0.3 is 6.03 Å². The average Bonchev–Trinajstić information content (AvgIpc) is 2.41. The van der Waals surface area contributed by atoms with E-state index in [9.17, 15) is 4.79 Å². The highest BCUT2D eigenvalue weighted by atomic mass is 35.5. The van der Waals surface area contributed by atoms with Crippen LogP contribution in [0.15, 0.2) is 23.2 Å². The van der Waals surface area contributed by atoms with E-state index < -0.39 is 0 Å². The first-order valence-electron chi connectivity index (χ1n) is 6.07. The summed E-state index contributed by atoms with van der Waals surface area (Å²) in [5, 5.41) is 3.05. The number of amides is 2. The summed E-state index contributed by atoms with van der Waals surface area (Å²) in [6.45, 7) is 4.34. The molecule has 0 aliphatic rings. The lowest BCUT2D eigenvalue weighted by Crippen LogP contribution is -2.46. The van der Waals surface area contributed by atoms with Gasteiger partial charge in [-0.15, -0.1) is 6.42 Å². The molecule has 0 fully saturated rings. The standard InChI is InChI=1S/C14H17ClN4O/c1-4-8-17-13(16)18-14(20)19(5-2)12-9-11(15)7-6-10(12)3/h1,6-7,9H,5,8H2,2-3H3,(H3,16,17,18,20). The van der Waals surface area contributed by atoms with E-state index in [-0.39, 0.29) is 18.5 Å². The number of carbonyl (C=O) groups excluding carboxylic acids is 1. The molecule has 0 heterocycles. The lowest BCUT2D eigenvalue weighted by atomic mass is 10.2. The number of guanidine groups is 1. The molecule has 0 bridgehead atoms. The summed E-state index contributed by atoms with van der Waals surface area (Å²) in [5.41, 5.74) is 7.23. The molecule has 1 aromatic carbocycles. The Balaban J connectivity index is 2.93. The highest BCUT2D eigenvalue weighted by Gasteiger charge is 2.16. The summed E-state index contributed by atoms with van der Waals surface area (Å²) < 4.78 is 0. The number of hydrogen-bond donors (Lipinski definition) is 2. The second-order valence-electron chi connectivity index (χ2n) is 4.01. The molecule has 20 heavy (non-hydrogen) atoms. The van der Waals surface area contributed by atoms with Crippen LogP contribution in [0, 0.1) is 19.3 Å². The van der Waals surface area contributed by atoms with E-state index in [2.05, 4.69) is 16.2 Å². The number of terminal acetylenes is 1. The van der Waals surface area contributed by atoms with Gasteiger partial charge in [0, 0.05) is 17.3 Å². The van der Waals surface area contributed by atoms with E-state index >= 15 is 0 Å². The van der Waals surface area contributed by atoms with Gasteiger partial charge in [-0.2, -0.15) is 0 Å². The fourth-order valence-corrected chi connectivity index (χ4v) is 1.81. The summed E-state index contributed by atoms with van der Waals surface area (Å²) in [6, 6.07) is 4.98. The van der Waals surface area contributed by atoms with Crippen LogP contribution in [0.1, 0.15) is 12.5 Å². The fourth-order valence-electron chi connectivity index (χ4n) is 1.64. The number of aryl methyl sites for hydroxylation is 1. The molecule has 0 aliphatic carbocycles. The van der Waals surface area contributed by atoms with Crippen LogP contribution in [0.2, 0.25) is 5.02 Å². The van der Waals surface area contributed by atoms with Crippen molar-refractivity contribution in [1.82, 2.24) is 5.32 Å². The largest absolute Gasteiger partial charge is 0.370 e. The summed E-state index contributed by atoms with van der Waals surface area (Å²) in [5.74, 6) is 2.31. The number of nitrogens with one attached hydrogen (secondary N) is 1. The van der Waals surface area contributed by atoms with E-state index in [1.807, 2.05) is 19.9 Å². The first-order chi connectivity index (χ1) is 9.49. The molecule has 0 aromatic heterocycles. The molecule has 0 saturated carbocycles. The lowest BCUT2D eigenvalue weighted by Gasteiger charge is -2.23. The minimum Gasteiger partial charge on any atom is -0.370 e. The van der Waals surface area contributed by atoms with Gasteiger partial charge in [-0.05, 0) is 31.5 Å². The highest BCUT2D eigenvalue weighted by Crippen LogP contribution is 2.24. The quantitative estimate of drug-likeness (QED) is 0.509. The number of nitrogens with zero attached hydrogens (tertiary/aromatic N) is 2. The number of rotatable bonds is 3. The van der Waals surface area contributed by atoms with E-state index in [4.69, 9.17) is 23.8 Å². The molecule has 5 nitrogen and oxygen atoms in total. The number of urea groups is 1. The van der Waals surface area contributed by atoms with Gasteiger partial charge in [0.2, 0.25) is 0 Å². The molecule has 0 radical (unpaired) electrons. The minimum absolute atomic E-state index is 0.00826. The smallest absolute Gasteiger partial charge is 0.328 e. The van der Waals surface area contributed by atoms with Gasteiger partial charge in [-0.3, -0.25) is 10.2 Å². The number of carbonyl (C=O) groups is 1. The monoisotopic (exact) mass is 292 g/mol. The molecule has 6 heteroatoms. The maximum absolute atomic E-state index is 12.2. The third-order valence-corrected chi connectivity index (χ3v) is 2.83. The molecule has 0 atom stereocenters. The first-order valence-corrected chi connectivity index (χ1v) is 6.45. The van der Waals surface area contributed by atoms with Gasteiger partial charge in [-0.25, -0.2) is 9.79 Å². The van der Waals surface area contributed by atoms with Crippen molar-refractivity contribution < 1.29 is 4.79 Å². The van der Waals surface area contributed by atoms with Crippen molar-refractivity contribution in [1.29, 1.82) is 0 Å². The Bertz CT molecular complexity index is 563. The van der Waals surface area contributed by atoms with Crippen LogP contribution in [0.25, 0.3) is 0 Å². The van der Waals surface area contributed by atoms with Crippen LogP contribution in [0.5, 0.6) is 0 Å². The topological polar surface area (TPSA) is 70.7 Å². The number of aliphatic imine (C=N–C) groups is 1. The number of anilines is 1. The SMILES string of the molecule is C#CCN=C(N)NC(=O)N(CC)c1cc(Cl)ccc1C. The first kappa shape index (κ1) is 15.9. The molecule has 2 amide bonds.